The van der Waals surface area contributed by atoms with Crippen molar-refractivity contribution in [1.82, 2.24) is 4.90 Å². The van der Waals surface area contributed by atoms with Crippen LogP contribution in [0.3, 0.4) is 0 Å². The Hall–Kier alpha value is -2.18. The smallest absolute Gasteiger partial charge is 0.256 e. The number of rotatable bonds is 6. The monoisotopic (exact) mass is 358 g/mol. The number of ether oxygens (including phenoxy) is 1. The molecule has 1 unspecified atom stereocenters. The molecule has 1 aliphatic heterocycles. The van der Waals surface area contributed by atoms with Crippen molar-refractivity contribution in [2.45, 2.75) is 25.9 Å². The molecule has 0 spiro atoms. The van der Waals surface area contributed by atoms with E-state index >= 15 is 0 Å². The van der Waals surface area contributed by atoms with Gasteiger partial charge in [-0.3, -0.25) is 9.59 Å². The van der Waals surface area contributed by atoms with E-state index in [-0.39, 0.29) is 17.9 Å². The predicted molar refractivity (Wildman–Crippen MR) is 99.3 cm³/mol. The normalized spacial score (nSPS) is 16.6. The lowest BCUT2D eigenvalue weighted by atomic mass is 10.1. The molecule has 1 fully saturated rings. The Balaban J connectivity index is 1.76. The van der Waals surface area contributed by atoms with E-state index in [0.29, 0.717) is 29.9 Å². The van der Waals surface area contributed by atoms with E-state index < -0.39 is 0 Å². The van der Waals surface area contributed by atoms with Gasteiger partial charge in [-0.2, -0.15) is 11.3 Å². The molecule has 25 heavy (non-hydrogen) atoms. The standard InChI is InChI=1S/C19H22N2O3S/c1-2-21(12-15-6-5-10-24-15)19(23)16-7-3-4-8-17(16)20-18(22)14-9-11-25-13-14/h3-4,7-9,11,13,15H,2,5-6,10,12H2,1H3,(H,20,22). The number of nitrogens with one attached hydrogen (secondary N) is 1. The zero-order chi connectivity index (χ0) is 17.6. The first-order chi connectivity index (χ1) is 12.2. The van der Waals surface area contributed by atoms with E-state index in [1.54, 1.807) is 28.5 Å². The molecule has 2 amide bonds. The van der Waals surface area contributed by atoms with Crippen molar-refractivity contribution in [3.63, 3.8) is 0 Å². The number of benzene rings is 1. The maximum Gasteiger partial charge on any atom is 0.256 e. The van der Waals surface area contributed by atoms with E-state index in [0.717, 1.165) is 19.4 Å². The van der Waals surface area contributed by atoms with Gasteiger partial charge < -0.3 is 15.0 Å². The second kappa shape index (κ2) is 8.27. The molecule has 5 nitrogen and oxygen atoms in total. The van der Waals surface area contributed by atoms with Crippen LogP contribution < -0.4 is 5.32 Å². The lowest BCUT2D eigenvalue weighted by molar-refractivity contribution is 0.0540. The average Bonchev–Trinajstić information content (AvgIpc) is 3.33. The topological polar surface area (TPSA) is 58.6 Å². The summed E-state index contributed by atoms with van der Waals surface area (Å²) in [5.74, 6) is -0.289. The van der Waals surface area contributed by atoms with Gasteiger partial charge in [-0.1, -0.05) is 12.1 Å². The molecule has 1 atom stereocenters. The van der Waals surface area contributed by atoms with Crippen molar-refractivity contribution in [1.29, 1.82) is 0 Å². The number of para-hydroxylation sites is 1. The van der Waals surface area contributed by atoms with Gasteiger partial charge in [-0.05, 0) is 43.3 Å². The first kappa shape index (κ1) is 17.6. The van der Waals surface area contributed by atoms with Crippen molar-refractivity contribution in [2.24, 2.45) is 0 Å². The van der Waals surface area contributed by atoms with Crippen molar-refractivity contribution in [2.75, 3.05) is 25.0 Å². The maximum atomic E-state index is 13.0. The van der Waals surface area contributed by atoms with Gasteiger partial charge in [-0.15, -0.1) is 0 Å². The molecule has 0 aliphatic carbocycles. The number of carbonyl (C=O) groups excluding carboxylic acids is 2. The van der Waals surface area contributed by atoms with Gasteiger partial charge in [0.25, 0.3) is 11.8 Å². The van der Waals surface area contributed by atoms with E-state index in [2.05, 4.69) is 5.32 Å². The van der Waals surface area contributed by atoms with Crippen LogP contribution in [0.1, 0.15) is 40.5 Å². The molecule has 0 bridgehead atoms. The van der Waals surface area contributed by atoms with Crippen LogP contribution in [0.2, 0.25) is 0 Å². The number of amides is 2. The summed E-state index contributed by atoms with van der Waals surface area (Å²) in [6.45, 7) is 3.91. The van der Waals surface area contributed by atoms with E-state index in [1.165, 1.54) is 11.3 Å². The number of nitrogens with zero attached hydrogens (tertiary/aromatic N) is 1. The highest BCUT2D eigenvalue weighted by atomic mass is 32.1. The average molecular weight is 358 g/mol. The third kappa shape index (κ3) is 4.27. The zero-order valence-corrected chi connectivity index (χ0v) is 15.1. The highest BCUT2D eigenvalue weighted by molar-refractivity contribution is 7.08. The van der Waals surface area contributed by atoms with Crippen LogP contribution in [-0.2, 0) is 4.74 Å². The first-order valence-corrected chi connectivity index (χ1v) is 9.46. The summed E-state index contributed by atoms with van der Waals surface area (Å²) in [5, 5.41) is 6.50. The third-order valence-corrected chi connectivity index (χ3v) is 4.99. The Kier molecular flexibility index (Phi) is 5.83. The zero-order valence-electron chi connectivity index (χ0n) is 14.2. The van der Waals surface area contributed by atoms with Crippen LogP contribution >= 0.6 is 11.3 Å². The first-order valence-electron chi connectivity index (χ1n) is 8.52. The molecule has 1 aromatic carbocycles. The Morgan fingerprint density at radius 3 is 2.84 bits per heavy atom. The quantitative estimate of drug-likeness (QED) is 0.858. The summed E-state index contributed by atoms with van der Waals surface area (Å²) in [5.41, 5.74) is 1.64. The molecule has 2 heterocycles. The van der Waals surface area contributed by atoms with Crippen molar-refractivity contribution < 1.29 is 14.3 Å². The molecule has 1 aromatic heterocycles. The highest BCUT2D eigenvalue weighted by Gasteiger charge is 2.24. The number of hydrogen-bond donors (Lipinski definition) is 1. The summed E-state index contributed by atoms with van der Waals surface area (Å²) in [6, 6.07) is 8.91. The minimum Gasteiger partial charge on any atom is -0.376 e. The molecule has 1 aliphatic rings. The summed E-state index contributed by atoms with van der Waals surface area (Å²) in [4.78, 5) is 27.1. The number of hydrogen-bond acceptors (Lipinski definition) is 4. The fourth-order valence-electron chi connectivity index (χ4n) is 2.93. The lowest BCUT2D eigenvalue weighted by Gasteiger charge is -2.25. The summed E-state index contributed by atoms with van der Waals surface area (Å²) in [6.07, 6.45) is 2.14. The molecule has 0 saturated carbocycles. The molecule has 1 saturated heterocycles. The fraction of sp³-hybridized carbons (Fsp3) is 0.368. The largest absolute Gasteiger partial charge is 0.376 e. The minimum atomic E-state index is -0.205. The minimum absolute atomic E-state index is 0.0841. The Bertz CT molecular complexity index is 724. The van der Waals surface area contributed by atoms with Crippen molar-refractivity contribution in [3.8, 4) is 0 Å². The Labute approximate surface area is 151 Å². The van der Waals surface area contributed by atoms with Crippen LogP contribution in [0.25, 0.3) is 0 Å². The van der Waals surface area contributed by atoms with Crippen LogP contribution in [0.4, 0.5) is 5.69 Å². The lowest BCUT2D eigenvalue weighted by Crippen LogP contribution is -2.37. The van der Waals surface area contributed by atoms with Crippen molar-refractivity contribution in [3.05, 3.63) is 52.2 Å². The van der Waals surface area contributed by atoms with E-state index in [9.17, 15) is 9.59 Å². The van der Waals surface area contributed by atoms with Crippen LogP contribution in [0, 0.1) is 0 Å². The summed E-state index contributed by atoms with van der Waals surface area (Å²) < 4.78 is 5.65. The number of carbonyl (C=O) groups is 2. The summed E-state index contributed by atoms with van der Waals surface area (Å²) in [7, 11) is 0. The maximum absolute atomic E-state index is 13.0. The Morgan fingerprint density at radius 2 is 2.16 bits per heavy atom. The molecule has 3 rings (SSSR count). The van der Waals surface area contributed by atoms with Gasteiger partial charge in [0.05, 0.1) is 22.9 Å². The van der Waals surface area contributed by atoms with Crippen LogP contribution in [0.5, 0.6) is 0 Å². The number of anilines is 1. The van der Waals surface area contributed by atoms with E-state index in [4.69, 9.17) is 4.74 Å². The van der Waals surface area contributed by atoms with Gasteiger partial charge in [0.15, 0.2) is 0 Å². The Morgan fingerprint density at radius 1 is 1.32 bits per heavy atom. The van der Waals surface area contributed by atoms with Gasteiger partial charge in [-0.25, -0.2) is 0 Å². The predicted octanol–water partition coefficient (Wildman–Crippen LogP) is 3.64. The van der Waals surface area contributed by atoms with Gasteiger partial charge >= 0.3 is 0 Å². The third-order valence-electron chi connectivity index (χ3n) is 4.31. The van der Waals surface area contributed by atoms with Crippen LogP contribution in [-0.4, -0.2) is 42.5 Å². The molecule has 6 heteroatoms. The fourth-order valence-corrected chi connectivity index (χ4v) is 3.56. The van der Waals surface area contributed by atoms with E-state index in [1.807, 2.05) is 24.4 Å². The highest BCUT2D eigenvalue weighted by Crippen LogP contribution is 2.21. The molecule has 1 N–H and O–H groups in total. The van der Waals surface area contributed by atoms with Gasteiger partial charge in [0.1, 0.15) is 0 Å². The van der Waals surface area contributed by atoms with Gasteiger partial charge in [0.2, 0.25) is 0 Å². The van der Waals surface area contributed by atoms with Crippen LogP contribution in [0.15, 0.2) is 41.1 Å². The summed E-state index contributed by atoms with van der Waals surface area (Å²) >= 11 is 1.47. The molecular formula is C19H22N2O3S. The number of likely N-dealkylation sites (N-methyl/N-ethyl adjacent to an activating group) is 1. The molecule has 0 radical (unpaired) electrons. The molecule has 2 aromatic rings. The van der Waals surface area contributed by atoms with Gasteiger partial charge in [0, 0.05) is 25.1 Å². The SMILES string of the molecule is CCN(CC1CCCO1)C(=O)c1ccccc1NC(=O)c1ccsc1. The second-order valence-corrected chi connectivity index (χ2v) is 6.77. The molecular weight excluding hydrogens is 336 g/mol. The second-order valence-electron chi connectivity index (χ2n) is 5.99. The molecule has 132 valence electrons. The van der Waals surface area contributed by atoms with Crippen molar-refractivity contribution >= 4 is 28.8 Å². The number of thiophene rings is 1.